The van der Waals surface area contributed by atoms with Gasteiger partial charge in [-0.05, 0) is 43.7 Å². The Bertz CT molecular complexity index is 580. The second-order valence-corrected chi connectivity index (χ2v) is 7.95. The van der Waals surface area contributed by atoms with Crippen LogP contribution in [0.5, 0.6) is 0 Å². The molecule has 0 amide bonds. The molecule has 1 N–H and O–H groups in total. The van der Waals surface area contributed by atoms with Crippen LogP contribution in [0.25, 0.3) is 0 Å². The molecule has 0 unspecified atom stereocenters. The molecule has 0 saturated heterocycles. The summed E-state index contributed by atoms with van der Waals surface area (Å²) in [5.74, 6) is 0.972. The van der Waals surface area contributed by atoms with E-state index in [0.717, 1.165) is 24.0 Å². The zero-order chi connectivity index (χ0) is 14.9. The number of benzene rings is 1. The van der Waals surface area contributed by atoms with Crippen molar-refractivity contribution in [3.63, 3.8) is 0 Å². The average Bonchev–Trinajstić information content (AvgIpc) is 2.34. The molecule has 0 spiro atoms. The van der Waals surface area contributed by atoms with Gasteiger partial charge in [0.05, 0.1) is 4.90 Å². The van der Waals surface area contributed by atoms with E-state index in [1.165, 1.54) is 6.42 Å². The smallest absolute Gasteiger partial charge is 0.208 e. The molecule has 3 atom stereocenters. The van der Waals surface area contributed by atoms with E-state index in [1.54, 1.807) is 6.07 Å². The second kappa shape index (κ2) is 5.86. The molecule has 0 radical (unpaired) electrons. The standard InChI is InChI=1S/C16H25NO2S/c1-11-8-9-16(13(3)10-11)20(18,19)17-15-7-5-6-12(2)14(15)4/h8-10,12,14-15,17H,5-7H2,1-4H3/t12-,14+,15+/m1/s1. The quantitative estimate of drug-likeness (QED) is 0.929. The van der Waals surface area contributed by atoms with Crippen LogP contribution >= 0.6 is 0 Å². The van der Waals surface area contributed by atoms with Gasteiger partial charge in [-0.15, -0.1) is 0 Å². The molecule has 20 heavy (non-hydrogen) atoms. The van der Waals surface area contributed by atoms with Crippen molar-refractivity contribution in [2.45, 2.75) is 57.9 Å². The summed E-state index contributed by atoms with van der Waals surface area (Å²) in [7, 11) is -3.41. The summed E-state index contributed by atoms with van der Waals surface area (Å²) in [5, 5.41) is 0. The van der Waals surface area contributed by atoms with Crippen LogP contribution in [-0.4, -0.2) is 14.5 Å². The maximum atomic E-state index is 12.6. The molecule has 1 saturated carbocycles. The van der Waals surface area contributed by atoms with E-state index >= 15 is 0 Å². The fourth-order valence-electron chi connectivity index (χ4n) is 3.11. The topological polar surface area (TPSA) is 46.2 Å². The van der Waals surface area contributed by atoms with Crippen LogP contribution in [0, 0.1) is 25.7 Å². The van der Waals surface area contributed by atoms with Crippen molar-refractivity contribution in [2.24, 2.45) is 11.8 Å². The van der Waals surface area contributed by atoms with Crippen LogP contribution in [0.3, 0.4) is 0 Å². The van der Waals surface area contributed by atoms with Gasteiger partial charge in [0.1, 0.15) is 0 Å². The Kier molecular flexibility index (Phi) is 4.55. The number of aryl methyl sites for hydroxylation is 2. The van der Waals surface area contributed by atoms with E-state index in [4.69, 9.17) is 0 Å². The molecule has 1 aliphatic rings. The van der Waals surface area contributed by atoms with Crippen LogP contribution in [0.4, 0.5) is 0 Å². The fourth-order valence-corrected chi connectivity index (χ4v) is 4.70. The summed E-state index contributed by atoms with van der Waals surface area (Å²) in [6.07, 6.45) is 3.24. The predicted molar refractivity (Wildman–Crippen MR) is 82.2 cm³/mol. The largest absolute Gasteiger partial charge is 0.241 e. The third-order valence-corrected chi connectivity index (χ3v) is 6.28. The normalized spacial score (nSPS) is 27.5. The molecule has 1 aromatic rings. The summed E-state index contributed by atoms with van der Waals surface area (Å²) in [5.41, 5.74) is 1.90. The summed E-state index contributed by atoms with van der Waals surface area (Å²) < 4.78 is 28.1. The molecule has 4 heteroatoms. The highest BCUT2D eigenvalue weighted by Crippen LogP contribution is 2.30. The Hall–Kier alpha value is -0.870. The van der Waals surface area contributed by atoms with Crippen LogP contribution in [0.15, 0.2) is 23.1 Å². The van der Waals surface area contributed by atoms with Gasteiger partial charge in [-0.1, -0.05) is 44.4 Å². The Balaban J connectivity index is 2.22. The number of hydrogen-bond donors (Lipinski definition) is 1. The predicted octanol–water partition coefficient (Wildman–Crippen LogP) is 3.41. The fraction of sp³-hybridized carbons (Fsp3) is 0.625. The molecule has 1 fully saturated rings. The molecule has 3 nitrogen and oxygen atoms in total. The lowest BCUT2D eigenvalue weighted by molar-refractivity contribution is 0.227. The molecule has 0 aliphatic heterocycles. The average molecular weight is 295 g/mol. The summed E-state index contributed by atoms with van der Waals surface area (Å²) in [4.78, 5) is 0.411. The third-order valence-electron chi connectivity index (χ3n) is 4.63. The first-order valence-corrected chi connectivity index (χ1v) is 8.89. The van der Waals surface area contributed by atoms with E-state index in [9.17, 15) is 8.42 Å². The maximum absolute atomic E-state index is 12.6. The van der Waals surface area contributed by atoms with Crippen molar-refractivity contribution in [3.05, 3.63) is 29.3 Å². The van der Waals surface area contributed by atoms with Crippen molar-refractivity contribution < 1.29 is 8.42 Å². The van der Waals surface area contributed by atoms with Crippen LogP contribution in [-0.2, 0) is 10.0 Å². The molecule has 0 heterocycles. The highest BCUT2D eigenvalue weighted by molar-refractivity contribution is 7.89. The van der Waals surface area contributed by atoms with Crippen LogP contribution < -0.4 is 4.72 Å². The van der Waals surface area contributed by atoms with Gasteiger partial charge in [0.25, 0.3) is 0 Å². The van der Waals surface area contributed by atoms with Gasteiger partial charge in [-0.25, -0.2) is 13.1 Å². The SMILES string of the molecule is Cc1ccc(S(=O)(=O)N[C@H]2CCC[C@@H](C)[C@@H]2C)c(C)c1. The summed E-state index contributed by atoms with van der Waals surface area (Å²) >= 11 is 0. The van der Waals surface area contributed by atoms with Crippen LogP contribution in [0.1, 0.15) is 44.2 Å². The minimum atomic E-state index is -3.41. The lowest BCUT2D eigenvalue weighted by Gasteiger charge is -2.34. The second-order valence-electron chi connectivity index (χ2n) is 6.26. The van der Waals surface area contributed by atoms with Gasteiger partial charge in [0.2, 0.25) is 10.0 Å². The molecule has 112 valence electrons. The zero-order valence-electron chi connectivity index (χ0n) is 12.8. The van der Waals surface area contributed by atoms with E-state index in [2.05, 4.69) is 18.6 Å². The first-order chi connectivity index (χ1) is 9.31. The number of sulfonamides is 1. The lowest BCUT2D eigenvalue weighted by atomic mass is 9.78. The monoisotopic (exact) mass is 295 g/mol. The molecule has 1 aliphatic carbocycles. The van der Waals surface area contributed by atoms with Crippen molar-refractivity contribution in [2.75, 3.05) is 0 Å². The highest BCUT2D eigenvalue weighted by atomic mass is 32.2. The van der Waals surface area contributed by atoms with Crippen LogP contribution in [0.2, 0.25) is 0 Å². The summed E-state index contributed by atoms with van der Waals surface area (Å²) in [6.45, 7) is 8.19. The molecular weight excluding hydrogens is 270 g/mol. The van der Waals surface area contributed by atoms with Crippen molar-refractivity contribution in [1.82, 2.24) is 4.72 Å². The summed E-state index contributed by atoms with van der Waals surface area (Å²) in [6, 6.07) is 5.55. The van der Waals surface area contributed by atoms with Gasteiger partial charge in [-0.2, -0.15) is 0 Å². The molecule has 1 aromatic carbocycles. The Morgan fingerprint density at radius 3 is 2.50 bits per heavy atom. The van der Waals surface area contributed by atoms with Gasteiger partial charge < -0.3 is 0 Å². The Morgan fingerprint density at radius 2 is 1.85 bits per heavy atom. The lowest BCUT2D eigenvalue weighted by Crippen LogP contribution is -2.43. The first-order valence-electron chi connectivity index (χ1n) is 7.41. The van der Waals surface area contributed by atoms with Crippen molar-refractivity contribution in [3.8, 4) is 0 Å². The van der Waals surface area contributed by atoms with Gasteiger partial charge in [0, 0.05) is 6.04 Å². The molecule has 2 rings (SSSR count). The maximum Gasteiger partial charge on any atom is 0.241 e. The minimum Gasteiger partial charge on any atom is -0.208 e. The first kappa shape index (κ1) is 15.5. The third kappa shape index (κ3) is 3.23. The van der Waals surface area contributed by atoms with Gasteiger partial charge in [0.15, 0.2) is 0 Å². The van der Waals surface area contributed by atoms with E-state index in [0.29, 0.717) is 16.7 Å². The molecule has 0 bridgehead atoms. The van der Waals surface area contributed by atoms with Gasteiger partial charge in [-0.3, -0.25) is 0 Å². The Labute approximate surface area is 122 Å². The minimum absolute atomic E-state index is 0.0597. The van der Waals surface area contributed by atoms with E-state index in [1.807, 2.05) is 26.0 Å². The van der Waals surface area contributed by atoms with Gasteiger partial charge >= 0.3 is 0 Å². The number of rotatable bonds is 3. The zero-order valence-corrected chi connectivity index (χ0v) is 13.6. The number of hydrogen-bond acceptors (Lipinski definition) is 2. The van der Waals surface area contributed by atoms with E-state index < -0.39 is 10.0 Å². The van der Waals surface area contributed by atoms with Crippen molar-refractivity contribution in [1.29, 1.82) is 0 Å². The Morgan fingerprint density at radius 1 is 1.15 bits per heavy atom. The molecule has 0 aromatic heterocycles. The van der Waals surface area contributed by atoms with E-state index in [-0.39, 0.29) is 6.04 Å². The van der Waals surface area contributed by atoms with Crippen molar-refractivity contribution >= 4 is 10.0 Å². The molecular formula is C16H25NO2S. The number of nitrogens with one attached hydrogen (secondary N) is 1. The highest BCUT2D eigenvalue weighted by Gasteiger charge is 2.31.